The number of aromatic nitrogens is 5. The Kier molecular flexibility index (Phi) is 5.32. The van der Waals surface area contributed by atoms with Crippen molar-refractivity contribution in [2.24, 2.45) is 0 Å². The number of hydrogen-bond donors (Lipinski definition) is 0. The van der Waals surface area contributed by atoms with Gasteiger partial charge in [0.15, 0.2) is 23.2 Å². The van der Waals surface area contributed by atoms with Crippen molar-refractivity contribution >= 4 is 5.91 Å². The van der Waals surface area contributed by atoms with Crippen LogP contribution in [0.25, 0.3) is 11.6 Å². The molecular formula is C19H20F2N6O2. The van der Waals surface area contributed by atoms with Gasteiger partial charge >= 0.3 is 0 Å². The van der Waals surface area contributed by atoms with Crippen molar-refractivity contribution < 1.29 is 18.1 Å². The molecule has 1 aromatic carbocycles. The van der Waals surface area contributed by atoms with Gasteiger partial charge in [-0.05, 0) is 37.5 Å². The van der Waals surface area contributed by atoms with Crippen LogP contribution in [0.2, 0.25) is 0 Å². The number of hydrogen-bond acceptors (Lipinski definition) is 6. The lowest BCUT2D eigenvalue weighted by molar-refractivity contribution is 0.0688. The van der Waals surface area contributed by atoms with Crippen molar-refractivity contribution in [2.45, 2.75) is 38.6 Å². The summed E-state index contributed by atoms with van der Waals surface area (Å²) in [5.41, 5.74) is 0.657. The fourth-order valence-corrected chi connectivity index (χ4v) is 3.38. The Hall–Kier alpha value is -3.17. The predicted molar refractivity (Wildman–Crippen MR) is 97.8 cm³/mol. The third-order valence-corrected chi connectivity index (χ3v) is 4.96. The first kappa shape index (κ1) is 19.2. The van der Waals surface area contributed by atoms with Crippen molar-refractivity contribution in [3.05, 3.63) is 47.4 Å². The van der Waals surface area contributed by atoms with Crippen molar-refractivity contribution in [1.29, 1.82) is 0 Å². The highest BCUT2D eigenvalue weighted by atomic mass is 19.2. The number of carbonyl (C=O) groups excluding carboxylic acids is 1. The minimum atomic E-state index is -1.02. The molecule has 0 atom stereocenters. The maximum absolute atomic E-state index is 13.4. The van der Waals surface area contributed by atoms with E-state index in [1.807, 2.05) is 6.92 Å². The summed E-state index contributed by atoms with van der Waals surface area (Å²) in [6.45, 7) is 3.01. The van der Waals surface area contributed by atoms with E-state index in [9.17, 15) is 13.6 Å². The zero-order chi connectivity index (χ0) is 20.4. The Labute approximate surface area is 165 Å². The molecule has 152 valence electrons. The largest absolute Gasteiger partial charge is 0.338 e. The molecule has 1 aliphatic rings. The lowest BCUT2D eigenvalue weighted by Crippen LogP contribution is -2.39. The monoisotopic (exact) mass is 402 g/mol. The van der Waals surface area contributed by atoms with Crippen molar-refractivity contribution in [3.63, 3.8) is 0 Å². The molecule has 0 aliphatic carbocycles. The van der Waals surface area contributed by atoms with Crippen LogP contribution in [-0.2, 0) is 6.42 Å². The first-order valence-corrected chi connectivity index (χ1v) is 9.54. The van der Waals surface area contributed by atoms with E-state index in [2.05, 4.69) is 20.5 Å². The van der Waals surface area contributed by atoms with E-state index in [0.29, 0.717) is 43.3 Å². The molecule has 3 heterocycles. The third kappa shape index (κ3) is 4.01. The molecule has 0 saturated carbocycles. The molecule has 1 fully saturated rings. The highest BCUT2D eigenvalue weighted by Crippen LogP contribution is 2.25. The number of likely N-dealkylation sites (tertiary alicyclic amines) is 1. The van der Waals surface area contributed by atoms with Crippen LogP contribution in [0.4, 0.5) is 8.78 Å². The van der Waals surface area contributed by atoms with Gasteiger partial charge in [0.25, 0.3) is 11.8 Å². The van der Waals surface area contributed by atoms with Gasteiger partial charge in [-0.2, -0.15) is 4.98 Å². The summed E-state index contributed by atoms with van der Waals surface area (Å²) in [6, 6.07) is 3.27. The number of rotatable bonds is 5. The summed E-state index contributed by atoms with van der Waals surface area (Å²) >= 11 is 0. The van der Waals surface area contributed by atoms with E-state index in [0.717, 1.165) is 25.0 Å². The molecule has 2 aromatic heterocycles. The third-order valence-electron chi connectivity index (χ3n) is 4.96. The fourth-order valence-electron chi connectivity index (χ4n) is 3.38. The number of nitrogens with zero attached hydrogens (tertiary/aromatic N) is 6. The van der Waals surface area contributed by atoms with Crippen LogP contribution in [0.1, 0.15) is 48.4 Å². The van der Waals surface area contributed by atoms with Crippen LogP contribution in [-0.4, -0.2) is 49.0 Å². The Morgan fingerprint density at radius 2 is 2.03 bits per heavy atom. The van der Waals surface area contributed by atoms with Gasteiger partial charge in [0.05, 0.1) is 12.2 Å². The first-order chi connectivity index (χ1) is 14.0. The van der Waals surface area contributed by atoms with Crippen LogP contribution in [0.3, 0.4) is 0 Å². The van der Waals surface area contributed by atoms with E-state index < -0.39 is 11.6 Å². The second-order valence-corrected chi connectivity index (χ2v) is 7.00. The number of piperidine rings is 1. The molecule has 0 radical (unpaired) electrons. The zero-order valence-electron chi connectivity index (χ0n) is 15.9. The predicted octanol–water partition coefficient (Wildman–Crippen LogP) is 3.04. The normalized spacial score (nSPS) is 15.1. The van der Waals surface area contributed by atoms with Crippen molar-refractivity contribution in [3.8, 4) is 11.6 Å². The molecule has 29 heavy (non-hydrogen) atoms. The summed E-state index contributed by atoms with van der Waals surface area (Å²) < 4.78 is 33.5. The smallest absolute Gasteiger partial charge is 0.280 e. The quantitative estimate of drug-likeness (QED) is 0.652. The molecule has 0 N–H and O–H groups in total. The molecule has 1 amide bonds. The standard InChI is InChI=1S/C19H20F2N6O2/c1-2-3-17-22-18(29-24-17)16-11-27(25-23-16)13-6-8-26(9-7-13)19(28)12-4-5-14(20)15(21)10-12/h4-5,10-11,13H,2-3,6-9H2,1H3. The van der Waals surface area contributed by atoms with Crippen LogP contribution >= 0.6 is 0 Å². The SMILES string of the molecule is CCCc1noc(-c2cn(C3CCN(C(=O)c4ccc(F)c(F)c4)CC3)nn2)n1. The Balaban J connectivity index is 1.38. The number of carbonyl (C=O) groups is 1. The minimum Gasteiger partial charge on any atom is -0.338 e. The maximum atomic E-state index is 13.4. The van der Waals surface area contributed by atoms with Crippen LogP contribution in [0, 0.1) is 11.6 Å². The summed E-state index contributed by atoms with van der Waals surface area (Å²) in [5.74, 6) is -1.32. The molecular weight excluding hydrogens is 382 g/mol. The lowest BCUT2D eigenvalue weighted by atomic mass is 10.0. The number of benzene rings is 1. The van der Waals surface area contributed by atoms with Gasteiger partial charge in [-0.15, -0.1) is 5.10 Å². The lowest BCUT2D eigenvalue weighted by Gasteiger charge is -2.31. The summed E-state index contributed by atoms with van der Waals surface area (Å²) in [5, 5.41) is 12.2. The fraction of sp³-hybridized carbons (Fsp3) is 0.421. The van der Waals surface area contributed by atoms with Gasteiger partial charge in [0.1, 0.15) is 0 Å². The molecule has 10 heteroatoms. The van der Waals surface area contributed by atoms with E-state index in [1.165, 1.54) is 6.07 Å². The second kappa shape index (κ2) is 8.06. The maximum Gasteiger partial charge on any atom is 0.280 e. The van der Waals surface area contributed by atoms with Crippen molar-refractivity contribution in [2.75, 3.05) is 13.1 Å². The number of amides is 1. The molecule has 1 aliphatic heterocycles. The summed E-state index contributed by atoms with van der Waals surface area (Å²) in [4.78, 5) is 18.5. The van der Waals surface area contributed by atoms with Gasteiger partial charge in [0.2, 0.25) is 0 Å². The van der Waals surface area contributed by atoms with Gasteiger partial charge in [0, 0.05) is 25.1 Å². The molecule has 3 aromatic rings. The van der Waals surface area contributed by atoms with E-state index >= 15 is 0 Å². The van der Waals surface area contributed by atoms with E-state index in [4.69, 9.17) is 4.52 Å². The molecule has 1 saturated heterocycles. The highest BCUT2D eigenvalue weighted by molar-refractivity contribution is 5.94. The number of aryl methyl sites for hydroxylation is 1. The number of halogens is 2. The molecule has 0 spiro atoms. The zero-order valence-corrected chi connectivity index (χ0v) is 15.9. The average Bonchev–Trinajstić information content (AvgIpc) is 3.40. The summed E-state index contributed by atoms with van der Waals surface area (Å²) in [6.07, 6.45) is 4.77. The van der Waals surface area contributed by atoms with Gasteiger partial charge in [-0.3, -0.25) is 4.79 Å². The van der Waals surface area contributed by atoms with Gasteiger partial charge < -0.3 is 9.42 Å². The average molecular weight is 402 g/mol. The Morgan fingerprint density at radius 1 is 1.24 bits per heavy atom. The van der Waals surface area contributed by atoms with Crippen molar-refractivity contribution in [1.82, 2.24) is 30.0 Å². The summed E-state index contributed by atoms with van der Waals surface area (Å²) in [7, 11) is 0. The topological polar surface area (TPSA) is 89.9 Å². The van der Waals surface area contributed by atoms with Crippen LogP contribution in [0.15, 0.2) is 28.9 Å². The minimum absolute atomic E-state index is 0.0725. The van der Waals surface area contributed by atoms with Gasteiger partial charge in [-0.1, -0.05) is 17.3 Å². The Bertz CT molecular complexity index is 1010. The van der Waals surface area contributed by atoms with Gasteiger partial charge in [-0.25, -0.2) is 13.5 Å². The van der Waals surface area contributed by atoms with Crippen LogP contribution < -0.4 is 0 Å². The first-order valence-electron chi connectivity index (χ1n) is 9.54. The highest BCUT2D eigenvalue weighted by Gasteiger charge is 2.26. The van der Waals surface area contributed by atoms with Crippen LogP contribution in [0.5, 0.6) is 0 Å². The molecule has 8 nitrogen and oxygen atoms in total. The Morgan fingerprint density at radius 3 is 2.76 bits per heavy atom. The van der Waals surface area contributed by atoms with E-state index in [-0.39, 0.29) is 17.5 Å². The van der Waals surface area contributed by atoms with E-state index in [1.54, 1.807) is 15.8 Å². The molecule has 0 bridgehead atoms. The molecule has 0 unspecified atom stereocenters. The second-order valence-electron chi connectivity index (χ2n) is 7.00. The molecule has 4 rings (SSSR count).